The molecule has 0 aliphatic carbocycles. The number of hydrogen-bond donors (Lipinski definition) is 4. The monoisotopic (exact) mass is 359 g/mol. The Bertz CT molecular complexity index is 699. The maximum absolute atomic E-state index is 12.0. The lowest BCUT2D eigenvalue weighted by Gasteiger charge is -2.18. The average Bonchev–Trinajstić information content (AvgIpc) is 2.62. The second-order valence-electron chi connectivity index (χ2n) is 6.31. The van der Waals surface area contributed by atoms with Crippen molar-refractivity contribution in [2.45, 2.75) is 52.1 Å². The standard InChI is InChI=1S/C18H25N5O3/c1-4-11(2)19-17(25)12(3)20-18(26)21-14-7-5-13(6-8-14)15-9-10-16(24)23-22-15/h5-8,11-12H,4,9-10H2,1-3H3,(H,19,25)(H,23,24)(H2,20,21,26)/t11-,12+/m0/s1. The van der Waals surface area contributed by atoms with Crippen LogP contribution in [0.1, 0.15) is 45.6 Å². The maximum Gasteiger partial charge on any atom is 0.319 e. The molecule has 140 valence electrons. The number of rotatable bonds is 6. The molecule has 4 amide bonds. The summed E-state index contributed by atoms with van der Waals surface area (Å²) in [7, 11) is 0. The Labute approximate surface area is 152 Å². The first-order valence-corrected chi connectivity index (χ1v) is 8.72. The van der Waals surface area contributed by atoms with Crippen LogP contribution in [0.4, 0.5) is 10.5 Å². The molecule has 0 unspecified atom stereocenters. The molecule has 0 aromatic heterocycles. The van der Waals surface area contributed by atoms with E-state index in [0.29, 0.717) is 18.5 Å². The second kappa shape index (κ2) is 8.98. The van der Waals surface area contributed by atoms with Crippen LogP contribution < -0.4 is 21.4 Å². The number of amides is 4. The average molecular weight is 359 g/mol. The summed E-state index contributed by atoms with van der Waals surface area (Å²) in [6, 6.07) is 6.12. The van der Waals surface area contributed by atoms with E-state index < -0.39 is 12.1 Å². The van der Waals surface area contributed by atoms with Crippen LogP contribution in [0.15, 0.2) is 29.4 Å². The topological polar surface area (TPSA) is 112 Å². The zero-order valence-electron chi connectivity index (χ0n) is 15.3. The lowest BCUT2D eigenvalue weighted by atomic mass is 10.0. The summed E-state index contributed by atoms with van der Waals surface area (Å²) in [5.74, 6) is -0.308. The van der Waals surface area contributed by atoms with Gasteiger partial charge in [0.25, 0.3) is 0 Å². The predicted octanol–water partition coefficient (Wildman–Crippen LogP) is 1.73. The third-order valence-electron chi connectivity index (χ3n) is 4.12. The van der Waals surface area contributed by atoms with Crippen molar-refractivity contribution in [1.82, 2.24) is 16.1 Å². The number of hydrazone groups is 1. The number of carbonyl (C=O) groups excluding carboxylic acids is 3. The first kappa shape index (κ1) is 19.4. The van der Waals surface area contributed by atoms with Gasteiger partial charge in [-0.2, -0.15) is 5.10 Å². The fraction of sp³-hybridized carbons (Fsp3) is 0.444. The molecule has 8 heteroatoms. The summed E-state index contributed by atoms with van der Waals surface area (Å²) in [6.07, 6.45) is 1.83. The zero-order valence-corrected chi connectivity index (χ0v) is 15.3. The third-order valence-corrected chi connectivity index (χ3v) is 4.12. The second-order valence-corrected chi connectivity index (χ2v) is 6.31. The quantitative estimate of drug-likeness (QED) is 0.620. The van der Waals surface area contributed by atoms with Crippen molar-refractivity contribution in [3.63, 3.8) is 0 Å². The van der Waals surface area contributed by atoms with Gasteiger partial charge in [0.05, 0.1) is 5.71 Å². The molecule has 0 saturated heterocycles. The van der Waals surface area contributed by atoms with Gasteiger partial charge in [0.15, 0.2) is 0 Å². The molecule has 0 bridgehead atoms. The number of hydrogen-bond acceptors (Lipinski definition) is 4. The number of carbonyl (C=O) groups is 3. The predicted molar refractivity (Wildman–Crippen MR) is 99.9 cm³/mol. The molecule has 0 fully saturated rings. The molecule has 0 spiro atoms. The van der Waals surface area contributed by atoms with Crippen LogP contribution in [0.3, 0.4) is 0 Å². The van der Waals surface area contributed by atoms with E-state index in [4.69, 9.17) is 0 Å². The van der Waals surface area contributed by atoms with Gasteiger partial charge in [-0.05, 0) is 38.0 Å². The van der Waals surface area contributed by atoms with E-state index in [1.165, 1.54) is 0 Å². The minimum atomic E-state index is -0.636. The number of benzene rings is 1. The Morgan fingerprint density at radius 1 is 1.15 bits per heavy atom. The largest absolute Gasteiger partial charge is 0.352 e. The van der Waals surface area contributed by atoms with E-state index in [1.807, 2.05) is 26.0 Å². The normalized spacial score (nSPS) is 16.0. The SMILES string of the molecule is CC[C@H](C)NC(=O)[C@@H](C)NC(=O)Nc1ccc(C2=NNC(=O)CC2)cc1. The van der Waals surface area contributed by atoms with Gasteiger partial charge in [-0.25, -0.2) is 10.2 Å². The number of nitrogens with zero attached hydrogens (tertiary/aromatic N) is 1. The van der Waals surface area contributed by atoms with Crippen molar-refractivity contribution in [3.8, 4) is 0 Å². The highest BCUT2D eigenvalue weighted by Gasteiger charge is 2.17. The molecule has 26 heavy (non-hydrogen) atoms. The van der Waals surface area contributed by atoms with E-state index in [0.717, 1.165) is 17.7 Å². The number of nitrogens with one attached hydrogen (secondary N) is 4. The number of urea groups is 1. The minimum absolute atomic E-state index is 0.0647. The molecule has 1 aromatic carbocycles. The molecule has 2 rings (SSSR count). The lowest BCUT2D eigenvalue weighted by Crippen LogP contribution is -2.48. The molecular weight excluding hydrogens is 334 g/mol. The Hall–Kier alpha value is -2.90. The molecule has 8 nitrogen and oxygen atoms in total. The molecular formula is C18H25N5O3. The van der Waals surface area contributed by atoms with Crippen molar-refractivity contribution >= 4 is 29.2 Å². The molecule has 4 N–H and O–H groups in total. The Morgan fingerprint density at radius 3 is 2.42 bits per heavy atom. The molecule has 1 aliphatic rings. The summed E-state index contributed by atoms with van der Waals surface area (Å²) < 4.78 is 0. The van der Waals surface area contributed by atoms with Gasteiger partial charge in [0, 0.05) is 24.6 Å². The van der Waals surface area contributed by atoms with Crippen LogP contribution >= 0.6 is 0 Å². The first-order chi connectivity index (χ1) is 12.4. The minimum Gasteiger partial charge on any atom is -0.352 e. The Balaban J connectivity index is 1.87. The highest BCUT2D eigenvalue weighted by atomic mass is 16.2. The molecule has 0 saturated carbocycles. The van der Waals surface area contributed by atoms with Crippen molar-refractivity contribution in [2.24, 2.45) is 5.10 Å². The van der Waals surface area contributed by atoms with Crippen LogP contribution in [0, 0.1) is 0 Å². The third kappa shape index (κ3) is 5.58. The van der Waals surface area contributed by atoms with Gasteiger partial charge in [0.1, 0.15) is 6.04 Å². The maximum atomic E-state index is 12.0. The zero-order chi connectivity index (χ0) is 19.1. The van der Waals surface area contributed by atoms with Crippen LogP contribution in [0.2, 0.25) is 0 Å². The van der Waals surface area contributed by atoms with Crippen LogP contribution in [0.5, 0.6) is 0 Å². The van der Waals surface area contributed by atoms with Gasteiger partial charge in [-0.3, -0.25) is 9.59 Å². The van der Waals surface area contributed by atoms with Crippen LogP contribution in [-0.2, 0) is 9.59 Å². The molecule has 1 aliphatic heterocycles. The molecule has 1 aromatic rings. The highest BCUT2D eigenvalue weighted by Crippen LogP contribution is 2.14. The fourth-order valence-electron chi connectivity index (χ4n) is 2.33. The van der Waals surface area contributed by atoms with Crippen molar-refractivity contribution < 1.29 is 14.4 Å². The Kier molecular flexibility index (Phi) is 6.71. The van der Waals surface area contributed by atoms with Gasteiger partial charge in [0.2, 0.25) is 11.8 Å². The van der Waals surface area contributed by atoms with Crippen molar-refractivity contribution in [2.75, 3.05) is 5.32 Å². The van der Waals surface area contributed by atoms with Crippen molar-refractivity contribution in [3.05, 3.63) is 29.8 Å². The fourth-order valence-corrected chi connectivity index (χ4v) is 2.33. The molecule has 2 atom stereocenters. The smallest absolute Gasteiger partial charge is 0.319 e. The molecule has 0 radical (unpaired) electrons. The van der Waals surface area contributed by atoms with E-state index in [1.54, 1.807) is 19.1 Å². The van der Waals surface area contributed by atoms with E-state index >= 15 is 0 Å². The van der Waals surface area contributed by atoms with Crippen LogP contribution in [-0.4, -0.2) is 35.6 Å². The summed E-state index contributed by atoms with van der Waals surface area (Å²) in [5, 5.41) is 12.2. The molecule has 1 heterocycles. The number of anilines is 1. The van der Waals surface area contributed by atoms with E-state index in [-0.39, 0.29) is 17.9 Å². The summed E-state index contributed by atoms with van der Waals surface area (Å²) >= 11 is 0. The van der Waals surface area contributed by atoms with Crippen molar-refractivity contribution in [1.29, 1.82) is 0 Å². The van der Waals surface area contributed by atoms with Gasteiger partial charge < -0.3 is 16.0 Å². The van der Waals surface area contributed by atoms with Gasteiger partial charge >= 0.3 is 6.03 Å². The van der Waals surface area contributed by atoms with E-state index in [9.17, 15) is 14.4 Å². The summed E-state index contributed by atoms with van der Waals surface area (Å²) in [5.41, 5.74) is 4.75. The van der Waals surface area contributed by atoms with Gasteiger partial charge in [-0.15, -0.1) is 0 Å². The van der Waals surface area contributed by atoms with E-state index in [2.05, 4.69) is 26.5 Å². The highest BCUT2D eigenvalue weighted by molar-refractivity contribution is 6.04. The summed E-state index contributed by atoms with van der Waals surface area (Å²) in [4.78, 5) is 35.1. The lowest BCUT2D eigenvalue weighted by molar-refractivity contribution is -0.123. The van der Waals surface area contributed by atoms with Crippen LogP contribution in [0.25, 0.3) is 0 Å². The first-order valence-electron chi connectivity index (χ1n) is 8.72. The Morgan fingerprint density at radius 2 is 1.85 bits per heavy atom. The van der Waals surface area contributed by atoms with Gasteiger partial charge in [-0.1, -0.05) is 19.1 Å². The summed E-state index contributed by atoms with van der Waals surface area (Å²) in [6.45, 7) is 5.52.